The Balaban J connectivity index is 2.24. The number of rotatable bonds is 6. The van der Waals surface area contributed by atoms with Crippen molar-refractivity contribution in [1.29, 1.82) is 0 Å². The minimum absolute atomic E-state index is 0.262. The molecule has 0 saturated heterocycles. The SMILES string of the molecule is CC(NC(=O)NCC(=O)NCC(=O)O)c1nccs1. The lowest BCUT2D eigenvalue weighted by Gasteiger charge is -2.12. The molecule has 4 N–H and O–H groups in total. The predicted molar refractivity (Wildman–Crippen MR) is 67.7 cm³/mol. The normalized spacial score (nSPS) is 11.4. The molecule has 0 radical (unpaired) electrons. The molecule has 0 aliphatic carbocycles. The summed E-state index contributed by atoms with van der Waals surface area (Å²) in [4.78, 5) is 36.8. The third-order valence-electron chi connectivity index (χ3n) is 2.02. The molecule has 0 fully saturated rings. The van der Waals surface area contributed by atoms with Gasteiger partial charge in [-0.1, -0.05) is 0 Å². The van der Waals surface area contributed by atoms with Gasteiger partial charge >= 0.3 is 12.0 Å². The van der Waals surface area contributed by atoms with Gasteiger partial charge in [0.25, 0.3) is 0 Å². The van der Waals surface area contributed by atoms with Crippen molar-refractivity contribution < 1.29 is 19.5 Å². The minimum atomic E-state index is -1.14. The van der Waals surface area contributed by atoms with Gasteiger partial charge in [-0.3, -0.25) is 9.59 Å². The number of hydrogen-bond acceptors (Lipinski definition) is 5. The van der Waals surface area contributed by atoms with Crippen molar-refractivity contribution in [1.82, 2.24) is 20.9 Å². The molecule has 0 saturated carbocycles. The lowest BCUT2D eigenvalue weighted by atomic mass is 10.3. The smallest absolute Gasteiger partial charge is 0.322 e. The summed E-state index contributed by atoms with van der Waals surface area (Å²) in [6, 6.07) is -0.782. The molecule has 0 spiro atoms. The van der Waals surface area contributed by atoms with Gasteiger partial charge in [0.2, 0.25) is 5.91 Å². The van der Waals surface area contributed by atoms with Crippen LogP contribution in [-0.2, 0) is 9.59 Å². The van der Waals surface area contributed by atoms with Gasteiger partial charge in [0.15, 0.2) is 0 Å². The molecule has 1 rings (SSSR count). The van der Waals surface area contributed by atoms with Gasteiger partial charge in [-0.2, -0.15) is 0 Å². The average molecular weight is 286 g/mol. The first-order valence-electron chi connectivity index (χ1n) is 5.41. The van der Waals surface area contributed by atoms with E-state index in [4.69, 9.17) is 5.11 Å². The first kappa shape index (κ1) is 14.9. The standard InChI is InChI=1S/C10H14N4O4S/c1-6(9-11-2-3-19-9)14-10(18)13-4-7(15)12-5-8(16)17/h2-3,6H,4-5H2,1H3,(H,12,15)(H,16,17)(H2,13,14,18). The van der Waals surface area contributed by atoms with Gasteiger partial charge in [-0.25, -0.2) is 9.78 Å². The van der Waals surface area contributed by atoms with Crippen LogP contribution in [0.2, 0.25) is 0 Å². The van der Waals surface area contributed by atoms with Gasteiger partial charge in [0.1, 0.15) is 11.6 Å². The van der Waals surface area contributed by atoms with Crippen LogP contribution in [0.1, 0.15) is 18.0 Å². The van der Waals surface area contributed by atoms with Crippen molar-refractivity contribution in [3.8, 4) is 0 Å². The average Bonchev–Trinajstić information content (AvgIpc) is 2.87. The van der Waals surface area contributed by atoms with Gasteiger partial charge < -0.3 is 21.1 Å². The number of thiazole rings is 1. The Morgan fingerprint density at radius 3 is 2.68 bits per heavy atom. The van der Waals surface area contributed by atoms with Gasteiger partial charge in [-0.05, 0) is 6.92 Å². The number of amides is 3. The Kier molecular flexibility index (Phi) is 5.73. The third-order valence-corrected chi connectivity index (χ3v) is 2.97. The summed E-state index contributed by atoms with van der Waals surface area (Å²) in [5.41, 5.74) is 0. The van der Waals surface area contributed by atoms with Crippen LogP contribution < -0.4 is 16.0 Å². The molecule has 0 aliphatic rings. The van der Waals surface area contributed by atoms with Crippen LogP contribution in [0.25, 0.3) is 0 Å². The van der Waals surface area contributed by atoms with E-state index in [0.29, 0.717) is 0 Å². The second kappa shape index (κ2) is 7.31. The van der Waals surface area contributed by atoms with Crippen molar-refractivity contribution in [3.05, 3.63) is 16.6 Å². The Morgan fingerprint density at radius 1 is 1.37 bits per heavy atom. The number of aliphatic carboxylic acids is 1. The molecular formula is C10H14N4O4S. The molecule has 1 heterocycles. The summed E-state index contributed by atoms with van der Waals surface area (Å²) < 4.78 is 0. The van der Waals surface area contributed by atoms with E-state index < -0.39 is 24.5 Å². The largest absolute Gasteiger partial charge is 0.480 e. The van der Waals surface area contributed by atoms with E-state index in [9.17, 15) is 14.4 Å². The maximum Gasteiger partial charge on any atom is 0.322 e. The molecule has 0 aliphatic heterocycles. The fraction of sp³-hybridized carbons (Fsp3) is 0.400. The molecule has 8 nitrogen and oxygen atoms in total. The molecular weight excluding hydrogens is 272 g/mol. The summed E-state index contributed by atoms with van der Waals surface area (Å²) in [5.74, 6) is -1.71. The van der Waals surface area contributed by atoms with E-state index in [0.717, 1.165) is 5.01 Å². The van der Waals surface area contributed by atoms with Crippen LogP contribution in [0, 0.1) is 0 Å². The highest BCUT2D eigenvalue weighted by Gasteiger charge is 2.12. The summed E-state index contributed by atoms with van der Waals surface area (Å²) in [5, 5.41) is 17.9. The Morgan fingerprint density at radius 2 is 2.11 bits per heavy atom. The number of carbonyl (C=O) groups excluding carboxylic acids is 2. The number of carboxylic acids is 1. The lowest BCUT2D eigenvalue weighted by Crippen LogP contribution is -2.43. The number of nitrogens with zero attached hydrogens (tertiary/aromatic N) is 1. The van der Waals surface area contributed by atoms with Crippen molar-refractivity contribution in [2.24, 2.45) is 0 Å². The summed E-state index contributed by atoms with van der Waals surface area (Å²) in [6.45, 7) is 1.00. The molecule has 0 bridgehead atoms. The molecule has 0 aromatic carbocycles. The van der Waals surface area contributed by atoms with Crippen LogP contribution >= 0.6 is 11.3 Å². The zero-order valence-corrected chi connectivity index (χ0v) is 11.0. The Bertz CT molecular complexity index is 448. The topological polar surface area (TPSA) is 120 Å². The van der Waals surface area contributed by atoms with Crippen molar-refractivity contribution in [3.63, 3.8) is 0 Å². The summed E-state index contributed by atoms with van der Waals surface area (Å²) in [6.07, 6.45) is 1.63. The van der Waals surface area contributed by atoms with Crippen LogP contribution in [0.3, 0.4) is 0 Å². The zero-order chi connectivity index (χ0) is 14.3. The lowest BCUT2D eigenvalue weighted by molar-refractivity contribution is -0.137. The van der Waals surface area contributed by atoms with E-state index in [1.54, 1.807) is 18.5 Å². The minimum Gasteiger partial charge on any atom is -0.480 e. The van der Waals surface area contributed by atoms with Crippen molar-refractivity contribution >= 4 is 29.2 Å². The number of aromatic nitrogens is 1. The van der Waals surface area contributed by atoms with Crippen LogP contribution in [0.5, 0.6) is 0 Å². The maximum absolute atomic E-state index is 11.4. The fourth-order valence-corrected chi connectivity index (χ4v) is 1.80. The van der Waals surface area contributed by atoms with Crippen LogP contribution in [-0.4, -0.2) is 41.1 Å². The van der Waals surface area contributed by atoms with Crippen LogP contribution in [0.15, 0.2) is 11.6 Å². The quantitative estimate of drug-likeness (QED) is 0.572. The van der Waals surface area contributed by atoms with E-state index in [1.807, 2.05) is 0 Å². The summed E-state index contributed by atoms with van der Waals surface area (Å²) >= 11 is 1.41. The molecule has 104 valence electrons. The molecule has 1 aromatic rings. The van der Waals surface area contributed by atoms with E-state index >= 15 is 0 Å². The van der Waals surface area contributed by atoms with Gasteiger partial charge in [0.05, 0.1) is 12.6 Å². The molecule has 1 aromatic heterocycles. The van der Waals surface area contributed by atoms with E-state index in [1.165, 1.54) is 11.3 Å². The number of nitrogens with one attached hydrogen (secondary N) is 3. The van der Waals surface area contributed by atoms with Crippen molar-refractivity contribution in [2.75, 3.05) is 13.1 Å². The highest BCUT2D eigenvalue weighted by molar-refractivity contribution is 7.09. The first-order valence-corrected chi connectivity index (χ1v) is 6.29. The monoisotopic (exact) mass is 286 g/mol. The second-order valence-corrected chi connectivity index (χ2v) is 4.52. The molecule has 3 amide bonds. The molecule has 9 heteroatoms. The van der Waals surface area contributed by atoms with Crippen molar-refractivity contribution in [2.45, 2.75) is 13.0 Å². The van der Waals surface area contributed by atoms with Crippen LogP contribution in [0.4, 0.5) is 4.79 Å². The molecule has 19 heavy (non-hydrogen) atoms. The molecule has 1 unspecified atom stereocenters. The fourth-order valence-electron chi connectivity index (χ4n) is 1.15. The second-order valence-electron chi connectivity index (χ2n) is 3.59. The maximum atomic E-state index is 11.4. The van der Waals surface area contributed by atoms with E-state index in [-0.39, 0.29) is 12.6 Å². The summed E-state index contributed by atoms with van der Waals surface area (Å²) in [7, 11) is 0. The number of urea groups is 1. The predicted octanol–water partition coefficient (Wildman–Crippen LogP) is -0.296. The number of carbonyl (C=O) groups is 3. The highest BCUT2D eigenvalue weighted by Crippen LogP contribution is 2.13. The Labute approximate surface area is 113 Å². The number of carboxylic acid groups (broad SMARTS) is 1. The zero-order valence-electron chi connectivity index (χ0n) is 10.2. The highest BCUT2D eigenvalue weighted by atomic mass is 32.1. The van der Waals surface area contributed by atoms with Gasteiger partial charge in [0, 0.05) is 11.6 Å². The third kappa shape index (κ3) is 5.82. The van der Waals surface area contributed by atoms with E-state index in [2.05, 4.69) is 20.9 Å². The molecule has 1 atom stereocenters. The van der Waals surface area contributed by atoms with Gasteiger partial charge in [-0.15, -0.1) is 11.3 Å². The Hall–Kier alpha value is -2.16. The first-order chi connectivity index (χ1) is 8.99. The number of hydrogen-bond donors (Lipinski definition) is 4.